The molecule has 0 saturated carbocycles. The van der Waals surface area contributed by atoms with E-state index in [0.717, 1.165) is 5.56 Å². The van der Waals surface area contributed by atoms with Crippen molar-refractivity contribution in [2.24, 2.45) is 0 Å². The molecular weight excluding hydrogens is 463 g/mol. The molecule has 1 fully saturated rings. The summed E-state index contributed by atoms with van der Waals surface area (Å²) in [6.45, 7) is 7.28. The van der Waals surface area contributed by atoms with Gasteiger partial charge in [0.25, 0.3) is 0 Å². The van der Waals surface area contributed by atoms with Crippen molar-refractivity contribution >= 4 is 17.7 Å². The van der Waals surface area contributed by atoms with Gasteiger partial charge in [-0.25, -0.2) is 14.0 Å². The smallest absolute Gasteiger partial charge is 0.338 e. The Morgan fingerprint density at radius 2 is 1.83 bits per heavy atom. The summed E-state index contributed by atoms with van der Waals surface area (Å²) in [5.74, 6) is -0.0575. The second kappa shape index (κ2) is 11.4. The summed E-state index contributed by atoms with van der Waals surface area (Å²) in [5.41, 5.74) is 2.38. The first-order valence-corrected chi connectivity index (χ1v) is 12.3. The third kappa shape index (κ3) is 5.31. The van der Waals surface area contributed by atoms with E-state index < -0.39 is 12.0 Å². The Hall–Kier alpha value is -3.59. The molecule has 1 unspecified atom stereocenters. The number of carbonyl (C=O) groups is 2. The van der Waals surface area contributed by atoms with Crippen molar-refractivity contribution in [3.8, 4) is 5.75 Å². The minimum absolute atomic E-state index is 0.224. The van der Waals surface area contributed by atoms with E-state index in [-0.39, 0.29) is 18.5 Å². The van der Waals surface area contributed by atoms with E-state index in [4.69, 9.17) is 9.47 Å². The molecule has 0 bridgehead atoms. The van der Waals surface area contributed by atoms with Crippen molar-refractivity contribution in [3.05, 3.63) is 71.2 Å². The van der Waals surface area contributed by atoms with Crippen LogP contribution in [0.15, 0.2) is 59.8 Å². The van der Waals surface area contributed by atoms with Crippen LogP contribution in [-0.4, -0.2) is 74.8 Å². The predicted octanol–water partition coefficient (Wildman–Crippen LogP) is 3.56. The van der Waals surface area contributed by atoms with E-state index in [1.165, 1.54) is 6.07 Å². The number of likely N-dealkylation sites (N-methyl/N-ethyl adjacent to an activating group) is 1. The van der Waals surface area contributed by atoms with Gasteiger partial charge in [-0.05, 0) is 43.7 Å². The molecule has 2 heterocycles. The van der Waals surface area contributed by atoms with Crippen molar-refractivity contribution in [1.29, 1.82) is 0 Å². The number of esters is 1. The number of amides is 2. The van der Waals surface area contributed by atoms with E-state index in [1.807, 2.05) is 42.2 Å². The van der Waals surface area contributed by atoms with Crippen molar-refractivity contribution in [2.45, 2.75) is 19.9 Å². The zero-order valence-electron chi connectivity index (χ0n) is 21.0. The molecule has 1 N–H and O–H groups in total. The Morgan fingerprint density at radius 1 is 1.08 bits per heavy atom. The van der Waals surface area contributed by atoms with Crippen molar-refractivity contribution < 1.29 is 23.5 Å². The lowest BCUT2D eigenvalue weighted by Gasteiger charge is -2.41. The topological polar surface area (TPSA) is 74.4 Å². The van der Waals surface area contributed by atoms with Gasteiger partial charge in [-0.3, -0.25) is 9.80 Å². The number of para-hydroxylation sites is 1. The van der Waals surface area contributed by atoms with E-state index >= 15 is 0 Å². The summed E-state index contributed by atoms with van der Waals surface area (Å²) in [6, 6.07) is 13.2. The number of hydrogen-bond donors (Lipinski definition) is 1. The lowest BCUT2D eigenvalue weighted by Crippen LogP contribution is -2.53. The van der Waals surface area contributed by atoms with Gasteiger partial charge in [-0.15, -0.1) is 0 Å². The molecule has 2 aliphatic heterocycles. The molecular formula is C27H33FN4O4. The summed E-state index contributed by atoms with van der Waals surface area (Å²) in [7, 11) is 1.58. The molecule has 192 valence electrons. The summed E-state index contributed by atoms with van der Waals surface area (Å²) >= 11 is 0. The van der Waals surface area contributed by atoms with Crippen LogP contribution in [-0.2, 0) is 9.53 Å². The van der Waals surface area contributed by atoms with Crippen molar-refractivity contribution in [2.75, 3.05) is 57.9 Å². The van der Waals surface area contributed by atoms with Crippen LogP contribution in [0, 0.1) is 5.82 Å². The number of nitrogens with zero attached hydrogens (tertiary/aromatic N) is 3. The summed E-state index contributed by atoms with van der Waals surface area (Å²) in [4.78, 5) is 32.2. The fourth-order valence-electron chi connectivity index (χ4n) is 4.80. The first kappa shape index (κ1) is 25.5. The van der Waals surface area contributed by atoms with Gasteiger partial charge in [0.15, 0.2) is 0 Å². The molecule has 2 aliphatic rings. The minimum atomic E-state index is -0.663. The zero-order chi connectivity index (χ0) is 25.7. The van der Waals surface area contributed by atoms with E-state index in [0.29, 0.717) is 62.0 Å². The van der Waals surface area contributed by atoms with Crippen LogP contribution < -0.4 is 15.0 Å². The Labute approximate surface area is 211 Å². The number of ether oxygens (including phenoxy) is 2. The maximum absolute atomic E-state index is 14.3. The molecule has 8 nitrogen and oxygen atoms in total. The summed E-state index contributed by atoms with van der Waals surface area (Å²) < 4.78 is 25.1. The monoisotopic (exact) mass is 496 g/mol. The number of rotatable bonds is 8. The number of carbonyl (C=O) groups excluding carboxylic acids is 2. The highest BCUT2D eigenvalue weighted by Gasteiger charge is 2.38. The molecule has 1 atom stereocenters. The number of anilines is 1. The van der Waals surface area contributed by atoms with Crippen LogP contribution in [0.2, 0.25) is 0 Å². The van der Waals surface area contributed by atoms with Crippen LogP contribution in [0.5, 0.6) is 5.75 Å². The normalized spacial score (nSPS) is 18.8. The molecule has 2 aromatic carbocycles. The SMILES string of the molecule is CCOC(=O)C1=C(CN2CCN(c3ccccc3F)CC2)N(CC)C(=O)NC1c1cccc(OC)c1. The fraction of sp³-hybridized carbons (Fsp3) is 0.407. The molecule has 0 radical (unpaired) electrons. The van der Waals surface area contributed by atoms with Crippen LogP contribution in [0.3, 0.4) is 0 Å². The summed E-state index contributed by atoms with van der Waals surface area (Å²) in [5, 5.41) is 2.98. The van der Waals surface area contributed by atoms with E-state index in [1.54, 1.807) is 31.1 Å². The quantitative estimate of drug-likeness (QED) is 0.564. The number of piperazine rings is 1. The maximum Gasteiger partial charge on any atom is 0.338 e. The second-order valence-electron chi connectivity index (χ2n) is 8.70. The van der Waals surface area contributed by atoms with Crippen LogP contribution in [0.1, 0.15) is 25.5 Å². The lowest BCUT2D eigenvalue weighted by molar-refractivity contribution is -0.139. The molecule has 0 aliphatic carbocycles. The third-order valence-electron chi connectivity index (χ3n) is 6.62. The number of halogens is 1. The Kier molecular flexibility index (Phi) is 8.10. The van der Waals surface area contributed by atoms with E-state index in [2.05, 4.69) is 10.2 Å². The number of urea groups is 1. The van der Waals surface area contributed by atoms with Gasteiger partial charge in [0.1, 0.15) is 11.6 Å². The maximum atomic E-state index is 14.3. The average molecular weight is 497 g/mol. The standard InChI is InChI=1S/C27H33FN4O4/c1-4-32-23(18-30-13-15-31(16-14-30)22-12-7-6-11-21(22)28)24(26(33)36-5-2)25(29-27(32)34)19-9-8-10-20(17-19)35-3/h6-12,17,25H,4-5,13-16,18H2,1-3H3,(H,29,34). The van der Waals surface area contributed by atoms with E-state index in [9.17, 15) is 14.0 Å². The van der Waals surface area contributed by atoms with Gasteiger partial charge in [-0.1, -0.05) is 24.3 Å². The molecule has 2 aromatic rings. The Balaban J connectivity index is 1.65. The Bertz CT molecular complexity index is 1130. The van der Waals surface area contributed by atoms with Gasteiger partial charge in [-0.2, -0.15) is 0 Å². The van der Waals surface area contributed by atoms with Gasteiger partial charge in [0, 0.05) is 45.0 Å². The average Bonchev–Trinajstić information content (AvgIpc) is 2.89. The molecule has 4 rings (SSSR count). The fourth-order valence-corrected chi connectivity index (χ4v) is 4.80. The highest BCUT2D eigenvalue weighted by atomic mass is 19.1. The molecule has 1 saturated heterocycles. The summed E-state index contributed by atoms with van der Waals surface area (Å²) in [6.07, 6.45) is 0. The third-order valence-corrected chi connectivity index (χ3v) is 6.62. The molecule has 0 spiro atoms. The number of methoxy groups -OCH3 is 1. The van der Waals surface area contributed by atoms with Crippen LogP contribution in [0.4, 0.5) is 14.9 Å². The molecule has 9 heteroatoms. The number of benzene rings is 2. The molecule has 2 amide bonds. The minimum Gasteiger partial charge on any atom is -0.497 e. The second-order valence-corrected chi connectivity index (χ2v) is 8.70. The zero-order valence-corrected chi connectivity index (χ0v) is 21.0. The van der Waals surface area contributed by atoms with Crippen LogP contribution in [0.25, 0.3) is 0 Å². The first-order chi connectivity index (χ1) is 17.5. The van der Waals surface area contributed by atoms with Gasteiger partial charge in [0.2, 0.25) is 0 Å². The largest absolute Gasteiger partial charge is 0.497 e. The van der Waals surface area contributed by atoms with Gasteiger partial charge in [0.05, 0.1) is 31.0 Å². The number of nitrogens with one attached hydrogen (secondary N) is 1. The van der Waals surface area contributed by atoms with Crippen LogP contribution >= 0.6 is 0 Å². The van der Waals surface area contributed by atoms with Gasteiger partial charge < -0.3 is 19.7 Å². The lowest BCUT2D eigenvalue weighted by atomic mass is 9.94. The predicted molar refractivity (Wildman–Crippen MR) is 135 cm³/mol. The molecule has 0 aromatic heterocycles. The highest BCUT2D eigenvalue weighted by Crippen LogP contribution is 2.33. The Morgan fingerprint density at radius 3 is 2.50 bits per heavy atom. The number of hydrogen-bond acceptors (Lipinski definition) is 6. The first-order valence-electron chi connectivity index (χ1n) is 12.3. The highest BCUT2D eigenvalue weighted by molar-refractivity contribution is 5.95. The van der Waals surface area contributed by atoms with Gasteiger partial charge >= 0.3 is 12.0 Å². The van der Waals surface area contributed by atoms with Crippen molar-refractivity contribution in [3.63, 3.8) is 0 Å². The van der Waals surface area contributed by atoms with Crippen molar-refractivity contribution in [1.82, 2.24) is 15.1 Å². The molecule has 36 heavy (non-hydrogen) atoms.